The molecule has 20 heavy (non-hydrogen) atoms. The zero-order valence-corrected chi connectivity index (χ0v) is 12.5. The topological polar surface area (TPSA) is 57.6 Å². The summed E-state index contributed by atoms with van der Waals surface area (Å²) in [5.74, 6) is -0.482. The predicted molar refractivity (Wildman–Crippen MR) is 79.9 cm³/mol. The maximum atomic E-state index is 12.6. The minimum absolute atomic E-state index is 0.0177. The van der Waals surface area contributed by atoms with Gasteiger partial charge in [0.15, 0.2) is 0 Å². The molecule has 2 heterocycles. The molecule has 0 spiro atoms. The number of hydrogen-bond acceptors (Lipinski definition) is 3. The summed E-state index contributed by atoms with van der Waals surface area (Å²) in [5.41, 5.74) is 0.688. The summed E-state index contributed by atoms with van der Waals surface area (Å²) in [6, 6.07) is 2.02. The van der Waals surface area contributed by atoms with Crippen molar-refractivity contribution < 1.29 is 14.7 Å². The van der Waals surface area contributed by atoms with Crippen LogP contribution in [0.3, 0.4) is 0 Å². The van der Waals surface area contributed by atoms with Crippen molar-refractivity contribution in [3.05, 3.63) is 28.0 Å². The summed E-state index contributed by atoms with van der Waals surface area (Å²) in [4.78, 5) is 25.8. The molecule has 108 valence electrons. The lowest BCUT2D eigenvalue weighted by atomic mass is 9.92. The van der Waals surface area contributed by atoms with E-state index < -0.39 is 5.97 Å². The van der Waals surface area contributed by atoms with Gasteiger partial charge in [-0.1, -0.05) is 6.92 Å². The van der Waals surface area contributed by atoms with Gasteiger partial charge in [-0.25, -0.2) is 4.79 Å². The van der Waals surface area contributed by atoms with Crippen molar-refractivity contribution in [2.24, 2.45) is 5.92 Å². The maximum Gasteiger partial charge on any atom is 0.328 e. The molecule has 0 aromatic carbocycles. The van der Waals surface area contributed by atoms with E-state index in [0.29, 0.717) is 16.4 Å². The minimum Gasteiger partial charge on any atom is -0.478 e. The Kier molecular flexibility index (Phi) is 4.60. The lowest BCUT2D eigenvalue weighted by molar-refractivity contribution is -0.131. The molecule has 0 aliphatic carbocycles. The summed E-state index contributed by atoms with van der Waals surface area (Å²) in [6.07, 6.45) is 4.75. The third-order valence-corrected chi connectivity index (χ3v) is 4.85. The van der Waals surface area contributed by atoms with Gasteiger partial charge in [0.2, 0.25) is 0 Å². The molecule has 0 saturated carbocycles. The number of rotatable bonds is 3. The van der Waals surface area contributed by atoms with Gasteiger partial charge in [-0.3, -0.25) is 4.79 Å². The minimum atomic E-state index is -1.01. The number of thiophene rings is 1. The van der Waals surface area contributed by atoms with Gasteiger partial charge in [0.05, 0.1) is 4.88 Å². The van der Waals surface area contributed by atoms with Crippen molar-refractivity contribution in [1.29, 1.82) is 0 Å². The normalized spacial score (nSPS) is 23.2. The number of nitrogens with zero attached hydrogens (tertiary/aromatic N) is 1. The first kappa shape index (κ1) is 14.8. The van der Waals surface area contributed by atoms with Gasteiger partial charge in [-0.2, -0.15) is 0 Å². The Morgan fingerprint density at radius 2 is 2.20 bits per heavy atom. The predicted octanol–water partition coefficient (Wildman–Crippen LogP) is 3.11. The Morgan fingerprint density at radius 1 is 1.45 bits per heavy atom. The number of carboxylic acid groups (broad SMARTS) is 1. The highest BCUT2D eigenvalue weighted by molar-refractivity contribution is 7.12. The van der Waals surface area contributed by atoms with Crippen LogP contribution in [0.5, 0.6) is 0 Å². The Morgan fingerprint density at radius 3 is 2.90 bits per heavy atom. The zero-order chi connectivity index (χ0) is 14.7. The molecule has 5 heteroatoms. The number of carbonyl (C=O) groups excluding carboxylic acids is 1. The Bertz CT molecular complexity index is 535. The van der Waals surface area contributed by atoms with E-state index in [0.717, 1.165) is 25.5 Å². The van der Waals surface area contributed by atoms with Crippen LogP contribution in [0.15, 0.2) is 17.5 Å². The second-order valence-corrected chi connectivity index (χ2v) is 6.15. The molecule has 1 amide bonds. The summed E-state index contributed by atoms with van der Waals surface area (Å²) in [6.45, 7) is 5.04. The number of hydrogen-bond donors (Lipinski definition) is 1. The molecule has 1 aliphatic heterocycles. The van der Waals surface area contributed by atoms with Gasteiger partial charge >= 0.3 is 5.97 Å². The highest BCUT2D eigenvalue weighted by Crippen LogP contribution is 2.27. The second-order valence-electron chi connectivity index (χ2n) is 5.24. The Balaban J connectivity index is 2.21. The van der Waals surface area contributed by atoms with E-state index >= 15 is 0 Å². The lowest BCUT2D eigenvalue weighted by Crippen LogP contribution is -2.45. The molecule has 1 aliphatic rings. The van der Waals surface area contributed by atoms with E-state index in [2.05, 4.69) is 13.8 Å². The van der Waals surface area contributed by atoms with E-state index in [-0.39, 0.29) is 11.9 Å². The molecule has 1 aromatic heterocycles. The highest BCUT2D eigenvalue weighted by Gasteiger charge is 2.30. The number of carbonyl (C=O) groups is 2. The van der Waals surface area contributed by atoms with Crippen LogP contribution in [0.4, 0.5) is 0 Å². The molecule has 0 bridgehead atoms. The van der Waals surface area contributed by atoms with E-state index in [4.69, 9.17) is 5.11 Å². The Labute approximate surface area is 122 Å². The van der Waals surface area contributed by atoms with Gasteiger partial charge < -0.3 is 10.0 Å². The lowest BCUT2D eigenvalue weighted by Gasteiger charge is -2.37. The van der Waals surface area contributed by atoms with Gasteiger partial charge in [0.1, 0.15) is 0 Å². The standard InChI is InChI=1S/C15H19NO3S/c1-10-4-3-8-16(11(10)2)15(19)14-12(7-9-20-14)5-6-13(17)18/h5-7,9-11H,3-4,8H2,1-2H3,(H,17,18). The maximum absolute atomic E-state index is 12.6. The van der Waals surface area contributed by atoms with Crippen LogP contribution < -0.4 is 0 Å². The molecule has 2 unspecified atom stereocenters. The molecule has 2 atom stereocenters. The Hall–Kier alpha value is -1.62. The van der Waals surface area contributed by atoms with Crippen molar-refractivity contribution >= 4 is 29.3 Å². The van der Waals surface area contributed by atoms with Crippen LogP contribution in [0, 0.1) is 5.92 Å². The number of amides is 1. The first-order valence-electron chi connectivity index (χ1n) is 6.80. The summed E-state index contributed by atoms with van der Waals surface area (Å²) in [5, 5.41) is 10.5. The van der Waals surface area contributed by atoms with Crippen molar-refractivity contribution in [3.63, 3.8) is 0 Å². The number of carboxylic acids is 1. The fraction of sp³-hybridized carbons (Fsp3) is 0.467. The fourth-order valence-corrected chi connectivity index (χ4v) is 3.38. The van der Waals surface area contributed by atoms with Crippen molar-refractivity contribution in [2.75, 3.05) is 6.54 Å². The van der Waals surface area contributed by atoms with Crippen LogP contribution >= 0.6 is 11.3 Å². The molecule has 1 N–H and O–H groups in total. The van der Waals surface area contributed by atoms with E-state index in [1.54, 1.807) is 6.07 Å². The average molecular weight is 293 g/mol. The largest absolute Gasteiger partial charge is 0.478 e. The third kappa shape index (κ3) is 3.10. The number of piperidine rings is 1. The monoisotopic (exact) mass is 293 g/mol. The van der Waals surface area contributed by atoms with Crippen molar-refractivity contribution in [3.8, 4) is 0 Å². The number of aliphatic carboxylic acids is 1. The van der Waals surface area contributed by atoms with E-state index in [1.165, 1.54) is 17.4 Å². The summed E-state index contributed by atoms with van der Waals surface area (Å²) < 4.78 is 0. The van der Waals surface area contributed by atoms with Crippen LogP contribution in [0.1, 0.15) is 41.9 Å². The molecular weight excluding hydrogens is 274 g/mol. The quantitative estimate of drug-likeness (QED) is 0.871. The highest BCUT2D eigenvalue weighted by atomic mass is 32.1. The zero-order valence-electron chi connectivity index (χ0n) is 11.7. The molecule has 1 fully saturated rings. The molecule has 4 nitrogen and oxygen atoms in total. The molecule has 1 aromatic rings. The van der Waals surface area contributed by atoms with Crippen LogP contribution in [-0.2, 0) is 4.79 Å². The fourth-order valence-electron chi connectivity index (χ4n) is 2.54. The number of likely N-dealkylation sites (tertiary alicyclic amines) is 1. The van der Waals surface area contributed by atoms with Crippen LogP contribution in [0.25, 0.3) is 6.08 Å². The van der Waals surface area contributed by atoms with Gasteiger partial charge in [-0.15, -0.1) is 11.3 Å². The molecule has 0 radical (unpaired) electrons. The van der Waals surface area contributed by atoms with Crippen LogP contribution in [0.2, 0.25) is 0 Å². The van der Waals surface area contributed by atoms with Crippen molar-refractivity contribution in [1.82, 2.24) is 4.90 Å². The average Bonchev–Trinajstić information content (AvgIpc) is 2.87. The van der Waals surface area contributed by atoms with Gasteiger partial charge in [0.25, 0.3) is 5.91 Å². The second kappa shape index (κ2) is 6.22. The first-order chi connectivity index (χ1) is 9.50. The SMILES string of the molecule is CC1CCCN(C(=O)c2sccc2C=CC(=O)O)C1C. The van der Waals surface area contributed by atoms with E-state index in [1.807, 2.05) is 10.3 Å². The third-order valence-electron chi connectivity index (χ3n) is 3.93. The summed E-state index contributed by atoms with van der Waals surface area (Å²) >= 11 is 1.37. The van der Waals surface area contributed by atoms with Crippen molar-refractivity contribution in [2.45, 2.75) is 32.7 Å². The smallest absolute Gasteiger partial charge is 0.328 e. The first-order valence-corrected chi connectivity index (χ1v) is 7.68. The molecule has 2 rings (SSSR count). The van der Waals surface area contributed by atoms with Gasteiger partial charge in [-0.05, 0) is 48.8 Å². The van der Waals surface area contributed by atoms with Crippen LogP contribution in [-0.4, -0.2) is 34.5 Å². The summed E-state index contributed by atoms with van der Waals surface area (Å²) in [7, 11) is 0. The van der Waals surface area contributed by atoms with Gasteiger partial charge in [0, 0.05) is 18.7 Å². The molecule has 1 saturated heterocycles. The van der Waals surface area contributed by atoms with E-state index in [9.17, 15) is 9.59 Å². The molecular formula is C15H19NO3S.